The van der Waals surface area contributed by atoms with Crippen molar-refractivity contribution < 1.29 is 13.5 Å². The highest BCUT2D eigenvalue weighted by Gasteiger charge is 2.54. The quantitative estimate of drug-likeness (QED) is 0.702. The van der Waals surface area contributed by atoms with Crippen LogP contribution in [-0.2, 0) is 23.5 Å². The highest BCUT2D eigenvalue weighted by Crippen LogP contribution is 2.39. The van der Waals surface area contributed by atoms with E-state index in [2.05, 4.69) is 16.7 Å². The monoisotopic (exact) mass is 370 g/mol. The number of nitrogens with zero attached hydrogens (tertiary/aromatic N) is 2. The van der Waals surface area contributed by atoms with Gasteiger partial charge >= 0.3 is 0 Å². The molecule has 0 aliphatic carbocycles. The Bertz CT molecular complexity index is 1050. The zero-order valence-electron chi connectivity index (χ0n) is 14.8. The molecule has 0 bridgehead atoms. The molecule has 2 heterocycles. The zero-order chi connectivity index (χ0) is 18.5. The number of sulfonamides is 1. The molecule has 4 rings (SSSR count). The van der Waals surface area contributed by atoms with E-state index in [4.69, 9.17) is 0 Å². The molecule has 0 amide bonds. The molecule has 0 saturated carbocycles. The normalized spacial score (nSPS) is 22.7. The van der Waals surface area contributed by atoms with E-state index in [0.717, 1.165) is 22.0 Å². The van der Waals surface area contributed by atoms with E-state index >= 15 is 0 Å². The fourth-order valence-electron chi connectivity index (χ4n) is 3.74. The van der Waals surface area contributed by atoms with Crippen LogP contribution in [0.2, 0.25) is 0 Å². The molecule has 26 heavy (non-hydrogen) atoms. The molecule has 136 valence electrons. The predicted molar refractivity (Wildman–Crippen MR) is 101 cm³/mol. The third-order valence-corrected chi connectivity index (χ3v) is 7.16. The lowest BCUT2D eigenvalue weighted by Crippen LogP contribution is -2.17. The minimum atomic E-state index is -3.59. The maximum atomic E-state index is 13.0. The number of aliphatic hydroxyl groups is 1. The van der Waals surface area contributed by atoms with Crippen LogP contribution in [0.5, 0.6) is 0 Å². The Balaban J connectivity index is 1.64. The van der Waals surface area contributed by atoms with Crippen molar-refractivity contribution >= 4 is 20.9 Å². The lowest BCUT2D eigenvalue weighted by molar-refractivity contribution is 0.286. The summed E-state index contributed by atoms with van der Waals surface area (Å²) in [5.74, 6) is 0. The van der Waals surface area contributed by atoms with E-state index in [1.165, 1.54) is 4.31 Å². The molecule has 5 nitrogen and oxygen atoms in total. The second kappa shape index (κ2) is 6.23. The van der Waals surface area contributed by atoms with Crippen LogP contribution in [0.3, 0.4) is 0 Å². The van der Waals surface area contributed by atoms with Crippen molar-refractivity contribution in [1.82, 2.24) is 8.87 Å². The fourth-order valence-corrected chi connectivity index (χ4v) is 5.54. The molecule has 2 aromatic carbocycles. The number of rotatable bonds is 5. The van der Waals surface area contributed by atoms with Crippen molar-refractivity contribution in [3.05, 3.63) is 65.9 Å². The summed E-state index contributed by atoms with van der Waals surface area (Å²) in [6.07, 6.45) is 2.64. The Morgan fingerprint density at radius 2 is 1.73 bits per heavy atom. The molecular formula is C20H22N2O3S. The summed E-state index contributed by atoms with van der Waals surface area (Å²) in [7, 11) is -1.60. The molecule has 1 fully saturated rings. The standard InChI is InChI=1S/C20H22N2O3S/c1-14-7-9-16(10-8-14)26(24,25)22-19(20(22)13-23)11-15-12-21(2)18-6-4-3-5-17(15)18/h3-10,12,19-20,23H,11,13H2,1-2H3/t19-,20+,22?/m0/s1. The Morgan fingerprint density at radius 1 is 1.04 bits per heavy atom. The third kappa shape index (κ3) is 2.74. The minimum absolute atomic E-state index is 0.166. The Labute approximate surface area is 153 Å². The average molecular weight is 370 g/mol. The van der Waals surface area contributed by atoms with Crippen LogP contribution in [0, 0.1) is 6.92 Å². The summed E-state index contributed by atoms with van der Waals surface area (Å²) in [5.41, 5.74) is 3.24. The minimum Gasteiger partial charge on any atom is -0.395 e. The van der Waals surface area contributed by atoms with E-state index < -0.39 is 10.0 Å². The van der Waals surface area contributed by atoms with Gasteiger partial charge in [0.15, 0.2) is 0 Å². The summed E-state index contributed by atoms with van der Waals surface area (Å²) < 4.78 is 29.4. The van der Waals surface area contributed by atoms with Gasteiger partial charge in [-0.25, -0.2) is 8.42 Å². The lowest BCUT2D eigenvalue weighted by Gasteiger charge is -2.07. The van der Waals surface area contributed by atoms with Gasteiger partial charge in [-0.2, -0.15) is 4.31 Å². The van der Waals surface area contributed by atoms with Gasteiger partial charge < -0.3 is 9.67 Å². The number of hydrogen-bond donors (Lipinski definition) is 1. The smallest absolute Gasteiger partial charge is 0.243 e. The predicted octanol–water partition coefficient (Wildman–Crippen LogP) is 2.46. The zero-order valence-corrected chi connectivity index (χ0v) is 15.6. The molecule has 1 unspecified atom stereocenters. The van der Waals surface area contributed by atoms with Gasteiger partial charge in [-0.3, -0.25) is 0 Å². The summed E-state index contributed by atoms with van der Waals surface area (Å²) in [6, 6.07) is 14.4. The Morgan fingerprint density at radius 3 is 2.42 bits per heavy atom. The van der Waals surface area contributed by atoms with Gasteiger partial charge in [0.1, 0.15) is 0 Å². The summed E-state index contributed by atoms with van der Waals surface area (Å²) >= 11 is 0. The van der Waals surface area contributed by atoms with Gasteiger partial charge in [-0.15, -0.1) is 0 Å². The van der Waals surface area contributed by atoms with Crippen LogP contribution < -0.4 is 0 Å². The fraction of sp³-hybridized carbons (Fsp3) is 0.300. The molecule has 0 spiro atoms. The molecule has 1 aliphatic rings. The van der Waals surface area contributed by atoms with Crippen molar-refractivity contribution in [1.29, 1.82) is 0 Å². The topological polar surface area (TPSA) is 62.3 Å². The summed E-state index contributed by atoms with van der Waals surface area (Å²) in [6.45, 7) is 1.76. The van der Waals surface area contributed by atoms with Crippen molar-refractivity contribution in [3.8, 4) is 0 Å². The van der Waals surface area contributed by atoms with Crippen molar-refractivity contribution in [2.75, 3.05) is 6.61 Å². The lowest BCUT2D eigenvalue weighted by atomic mass is 10.1. The van der Waals surface area contributed by atoms with Crippen LogP contribution in [-0.4, -0.2) is 41.1 Å². The highest BCUT2D eigenvalue weighted by atomic mass is 32.2. The number of benzene rings is 2. The van der Waals surface area contributed by atoms with Crippen molar-refractivity contribution in [3.63, 3.8) is 0 Å². The summed E-state index contributed by atoms with van der Waals surface area (Å²) in [4.78, 5) is 0.280. The average Bonchev–Trinajstić information content (AvgIpc) is 3.26. The Kier molecular flexibility index (Phi) is 4.14. The van der Waals surface area contributed by atoms with E-state index in [1.54, 1.807) is 24.3 Å². The summed E-state index contributed by atoms with van der Waals surface area (Å²) in [5, 5.41) is 10.8. The number of aromatic nitrogens is 1. The molecule has 0 radical (unpaired) electrons. The van der Waals surface area contributed by atoms with Crippen molar-refractivity contribution in [2.45, 2.75) is 30.3 Å². The first-order chi connectivity index (χ1) is 12.4. The van der Waals surface area contributed by atoms with E-state index in [0.29, 0.717) is 6.42 Å². The van der Waals surface area contributed by atoms with Crippen LogP contribution in [0.1, 0.15) is 11.1 Å². The number of fused-ring (bicyclic) bond motifs is 1. The van der Waals surface area contributed by atoms with E-state index in [-0.39, 0.29) is 23.6 Å². The largest absolute Gasteiger partial charge is 0.395 e. The third-order valence-electron chi connectivity index (χ3n) is 5.20. The maximum absolute atomic E-state index is 13.0. The van der Waals surface area contributed by atoms with Crippen LogP contribution in [0.15, 0.2) is 59.6 Å². The molecule has 1 aliphatic heterocycles. The van der Waals surface area contributed by atoms with E-state index in [9.17, 15) is 13.5 Å². The number of aryl methyl sites for hydroxylation is 2. The second-order valence-electron chi connectivity index (χ2n) is 6.95. The van der Waals surface area contributed by atoms with Crippen LogP contribution in [0.4, 0.5) is 0 Å². The first kappa shape index (κ1) is 17.3. The first-order valence-corrected chi connectivity index (χ1v) is 10.1. The number of para-hydroxylation sites is 1. The molecule has 1 N–H and O–H groups in total. The first-order valence-electron chi connectivity index (χ1n) is 8.67. The second-order valence-corrected chi connectivity index (χ2v) is 8.79. The van der Waals surface area contributed by atoms with Gasteiger partial charge in [-0.05, 0) is 37.1 Å². The van der Waals surface area contributed by atoms with Gasteiger partial charge in [0.2, 0.25) is 10.0 Å². The van der Waals surface area contributed by atoms with Gasteiger partial charge in [0.05, 0.1) is 17.5 Å². The van der Waals surface area contributed by atoms with Crippen molar-refractivity contribution in [2.24, 2.45) is 7.05 Å². The van der Waals surface area contributed by atoms with Crippen LogP contribution >= 0.6 is 0 Å². The Hall–Kier alpha value is -2.15. The molecular weight excluding hydrogens is 348 g/mol. The number of aliphatic hydroxyl groups excluding tert-OH is 1. The van der Waals surface area contributed by atoms with Gasteiger partial charge in [0, 0.05) is 30.2 Å². The van der Waals surface area contributed by atoms with Crippen LogP contribution in [0.25, 0.3) is 10.9 Å². The molecule has 3 aromatic rings. The molecule has 1 saturated heterocycles. The molecule has 3 atom stereocenters. The molecule has 6 heteroatoms. The SMILES string of the molecule is Cc1ccc(S(=O)(=O)N2[C@H](CO)[C@@H]2Cc2cn(C)c3ccccc23)cc1. The number of hydrogen-bond acceptors (Lipinski definition) is 3. The van der Waals surface area contributed by atoms with Gasteiger partial charge in [0.25, 0.3) is 0 Å². The van der Waals surface area contributed by atoms with E-state index in [1.807, 2.05) is 32.3 Å². The maximum Gasteiger partial charge on any atom is 0.243 e. The van der Waals surface area contributed by atoms with Gasteiger partial charge in [-0.1, -0.05) is 35.9 Å². The molecule has 1 aromatic heterocycles. The highest BCUT2D eigenvalue weighted by molar-refractivity contribution is 7.89.